The largest absolute Gasteiger partial charge is 0.494 e. The number of aliphatic hydroxyl groups is 1. The second kappa shape index (κ2) is 6.87. The monoisotopic (exact) mass is 267 g/mol. The highest BCUT2D eigenvalue weighted by molar-refractivity contribution is 5.21. The summed E-state index contributed by atoms with van der Waals surface area (Å²) in [5, 5.41) is 9.81. The molecule has 0 heterocycles. The molecule has 0 amide bonds. The van der Waals surface area contributed by atoms with Crippen molar-refractivity contribution in [3.63, 3.8) is 0 Å². The van der Waals surface area contributed by atoms with Crippen LogP contribution in [0.3, 0.4) is 0 Å². The van der Waals surface area contributed by atoms with E-state index in [0.29, 0.717) is 18.3 Å². The van der Waals surface area contributed by atoms with Crippen LogP contribution < -0.4 is 4.74 Å². The zero-order valence-corrected chi connectivity index (χ0v) is 11.4. The summed E-state index contributed by atoms with van der Waals surface area (Å²) in [7, 11) is 2.02. The highest BCUT2D eigenvalue weighted by atomic mass is 19.1. The molecule has 1 N–H and O–H groups in total. The lowest BCUT2D eigenvalue weighted by molar-refractivity contribution is 0.104. The molecule has 1 aliphatic carbocycles. The number of hydrogen-bond acceptors (Lipinski definition) is 3. The maximum Gasteiger partial charge on any atom is 0.123 e. The molecule has 1 unspecified atom stereocenters. The van der Waals surface area contributed by atoms with Gasteiger partial charge in [-0.1, -0.05) is 0 Å². The lowest BCUT2D eigenvalue weighted by Gasteiger charge is -2.20. The molecule has 1 aromatic rings. The average molecular weight is 267 g/mol. The van der Waals surface area contributed by atoms with E-state index in [-0.39, 0.29) is 11.9 Å². The van der Waals surface area contributed by atoms with Gasteiger partial charge in [-0.25, -0.2) is 4.39 Å². The van der Waals surface area contributed by atoms with Gasteiger partial charge in [0, 0.05) is 13.1 Å². The van der Waals surface area contributed by atoms with Crippen molar-refractivity contribution in [2.24, 2.45) is 5.92 Å². The number of likely N-dealkylation sites (N-methyl/N-ethyl adjacent to an activating group) is 1. The predicted molar refractivity (Wildman–Crippen MR) is 72.7 cm³/mol. The van der Waals surface area contributed by atoms with Crippen molar-refractivity contribution in [3.05, 3.63) is 30.1 Å². The first-order chi connectivity index (χ1) is 9.15. The maximum atomic E-state index is 12.7. The van der Waals surface area contributed by atoms with Gasteiger partial charge in [0.25, 0.3) is 0 Å². The van der Waals surface area contributed by atoms with Gasteiger partial charge in [-0.3, -0.25) is 0 Å². The lowest BCUT2D eigenvalue weighted by Crippen LogP contribution is -2.31. The standard InChI is InChI=1S/C15H22FNO2/c1-17(11-15(18)12-3-4-12)9-2-10-19-14-7-5-13(16)6-8-14/h5-8,12,15,18H,2-4,9-11H2,1H3. The zero-order chi connectivity index (χ0) is 13.7. The van der Waals surface area contributed by atoms with E-state index in [0.717, 1.165) is 19.5 Å². The van der Waals surface area contributed by atoms with Crippen LogP contribution >= 0.6 is 0 Å². The second-order valence-corrected chi connectivity index (χ2v) is 5.32. The summed E-state index contributed by atoms with van der Waals surface area (Å²) in [4.78, 5) is 2.14. The zero-order valence-electron chi connectivity index (χ0n) is 11.4. The summed E-state index contributed by atoms with van der Waals surface area (Å²) in [6, 6.07) is 6.06. The first kappa shape index (κ1) is 14.3. The van der Waals surface area contributed by atoms with Crippen molar-refractivity contribution in [3.8, 4) is 5.75 Å². The molecule has 1 saturated carbocycles. The number of rotatable bonds is 8. The Bertz CT molecular complexity index is 378. The van der Waals surface area contributed by atoms with E-state index >= 15 is 0 Å². The Kier molecular flexibility index (Phi) is 5.16. The van der Waals surface area contributed by atoms with Crippen molar-refractivity contribution in [1.29, 1.82) is 0 Å². The number of halogens is 1. The van der Waals surface area contributed by atoms with Crippen LogP contribution in [0.1, 0.15) is 19.3 Å². The number of nitrogens with zero attached hydrogens (tertiary/aromatic N) is 1. The Morgan fingerprint density at radius 1 is 1.37 bits per heavy atom. The minimum Gasteiger partial charge on any atom is -0.494 e. The summed E-state index contributed by atoms with van der Waals surface area (Å²) in [6.45, 7) is 2.24. The number of ether oxygens (including phenoxy) is 1. The first-order valence-electron chi connectivity index (χ1n) is 6.90. The van der Waals surface area contributed by atoms with Gasteiger partial charge in [0.1, 0.15) is 11.6 Å². The molecule has 4 heteroatoms. The number of hydrogen-bond donors (Lipinski definition) is 1. The molecule has 0 aromatic heterocycles. The molecule has 0 radical (unpaired) electrons. The smallest absolute Gasteiger partial charge is 0.123 e. The summed E-state index contributed by atoms with van der Waals surface area (Å²) < 4.78 is 18.2. The van der Waals surface area contributed by atoms with Gasteiger partial charge in [-0.2, -0.15) is 0 Å². The average Bonchev–Trinajstić information content (AvgIpc) is 3.21. The van der Waals surface area contributed by atoms with Gasteiger partial charge in [-0.05, 0) is 56.5 Å². The molecule has 1 aliphatic rings. The topological polar surface area (TPSA) is 32.7 Å². The summed E-state index contributed by atoms with van der Waals surface area (Å²) >= 11 is 0. The fourth-order valence-corrected chi connectivity index (χ4v) is 2.10. The minimum atomic E-state index is -0.249. The van der Waals surface area contributed by atoms with E-state index < -0.39 is 0 Å². The molecular formula is C15H22FNO2. The van der Waals surface area contributed by atoms with Gasteiger partial charge >= 0.3 is 0 Å². The Morgan fingerprint density at radius 3 is 2.68 bits per heavy atom. The molecule has 3 nitrogen and oxygen atoms in total. The third kappa shape index (κ3) is 5.17. The van der Waals surface area contributed by atoms with E-state index in [9.17, 15) is 9.50 Å². The predicted octanol–water partition coefficient (Wildman–Crippen LogP) is 2.30. The van der Waals surface area contributed by atoms with Gasteiger partial charge in [0.2, 0.25) is 0 Å². The quantitative estimate of drug-likeness (QED) is 0.734. The third-order valence-corrected chi connectivity index (χ3v) is 3.43. The highest BCUT2D eigenvalue weighted by Crippen LogP contribution is 2.32. The fraction of sp³-hybridized carbons (Fsp3) is 0.600. The van der Waals surface area contributed by atoms with Crippen molar-refractivity contribution in [2.75, 3.05) is 26.7 Å². The summed E-state index contributed by atoms with van der Waals surface area (Å²) in [5.41, 5.74) is 0. The van der Waals surface area contributed by atoms with Crippen LogP contribution in [0.4, 0.5) is 4.39 Å². The molecule has 0 saturated heterocycles. The van der Waals surface area contributed by atoms with E-state index in [1.54, 1.807) is 12.1 Å². The number of aliphatic hydroxyl groups excluding tert-OH is 1. The molecule has 19 heavy (non-hydrogen) atoms. The van der Waals surface area contributed by atoms with E-state index in [2.05, 4.69) is 4.90 Å². The molecule has 0 spiro atoms. The van der Waals surface area contributed by atoms with E-state index in [4.69, 9.17) is 4.74 Å². The molecule has 1 fully saturated rings. The Morgan fingerprint density at radius 2 is 2.05 bits per heavy atom. The van der Waals surface area contributed by atoms with Crippen molar-refractivity contribution in [2.45, 2.75) is 25.4 Å². The maximum absolute atomic E-state index is 12.7. The Labute approximate surface area is 114 Å². The normalized spacial score (nSPS) is 16.6. The summed E-state index contributed by atoms with van der Waals surface area (Å²) in [5.74, 6) is 0.973. The second-order valence-electron chi connectivity index (χ2n) is 5.32. The molecule has 0 bridgehead atoms. The van der Waals surface area contributed by atoms with Crippen LogP contribution in [-0.2, 0) is 0 Å². The third-order valence-electron chi connectivity index (χ3n) is 3.43. The Hall–Kier alpha value is -1.13. The Balaban J connectivity index is 1.56. The SMILES string of the molecule is CN(CCCOc1ccc(F)cc1)CC(O)C1CC1. The van der Waals surface area contributed by atoms with Crippen LogP contribution in [0.25, 0.3) is 0 Å². The van der Waals surface area contributed by atoms with Crippen LogP contribution in [0.2, 0.25) is 0 Å². The van der Waals surface area contributed by atoms with E-state index in [1.165, 1.54) is 25.0 Å². The van der Waals surface area contributed by atoms with E-state index in [1.807, 2.05) is 7.05 Å². The molecule has 1 atom stereocenters. The molecule has 2 rings (SSSR count). The van der Waals surface area contributed by atoms with Crippen LogP contribution in [0.5, 0.6) is 5.75 Å². The van der Waals surface area contributed by atoms with Gasteiger partial charge < -0.3 is 14.7 Å². The molecule has 106 valence electrons. The lowest BCUT2D eigenvalue weighted by atomic mass is 10.2. The van der Waals surface area contributed by atoms with Crippen LogP contribution in [0, 0.1) is 11.7 Å². The number of benzene rings is 1. The molecular weight excluding hydrogens is 245 g/mol. The van der Waals surface area contributed by atoms with Gasteiger partial charge in [0.05, 0.1) is 12.7 Å². The summed E-state index contributed by atoms with van der Waals surface area (Å²) in [6.07, 6.45) is 3.06. The fourth-order valence-electron chi connectivity index (χ4n) is 2.10. The first-order valence-corrected chi connectivity index (χ1v) is 6.90. The van der Waals surface area contributed by atoms with Crippen LogP contribution in [-0.4, -0.2) is 42.9 Å². The van der Waals surface area contributed by atoms with Gasteiger partial charge in [-0.15, -0.1) is 0 Å². The molecule has 0 aliphatic heterocycles. The molecule has 1 aromatic carbocycles. The highest BCUT2D eigenvalue weighted by Gasteiger charge is 2.29. The van der Waals surface area contributed by atoms with Crippen molar-refractivity contribution < 1.29 is 14.2 Å². The minimum absolute atomic E-state index is 0.178. The van der Waals surface area contributed by atoms with Crippen molar-refractivity contribution >= 4 is 0 Å². The van der Waals surface area contributed by atoms with Crippen molar-refractivity contribution in [1.82, 2.24) is 4.90 Å². The van der Waals surface area contributed by atoms with Crippen LogP contribution in [0.15, 0.2) is 24.3 Å². The van der Waals surface area contributed by atoms with Gasteiger partial charge in [0.15, 0.2) is 0 Å².